The third kappa shape index (κ3) is 3.12. The van der Waals surface area contributed by atoms with Crippen LogP contribution in [0, 0.1) is 29.3 Å². The van der Waals surface area contributed by atoms with Crippen LogP contribution in [0.25, 0.3) is 0 Å². The lowest BCUT2D eigenvalue weighted by molar-refractivity contribution is -0.0172. The second-order valence-corrected chi connectivity index (χ2v) is 5.04. The fraction of sp³-hybridized carbons (Fsp3) is 0.267. The molecule has 0 bridgehead atoms. The van der Waals surface area contributed by atoms with E-state index in [2.05, 4.69) is 10.3 Å². The van der Waals surface area contributed by atoms with Crippen molar-refractivity contribution >= 4 is 5.69 Å². The van der Waals surface area contributed by atoms with Gasteiger partial charge >= 0.3 is 0 Å². The van der Waals surface area contributed by atoms with E-state index in [1.165, 1.54) is 12.1 Å². The maximum atomic E-state index is 13.6. The number of nitrogens with zero attached hydrogens (tertiary/aromatic N) is 1. The van der Waals surface area contributed by atoms with Crippen molar-refractivity contribution in [2.45, 2.75) is 13.0 Å². The highest BCUT2D eigenvalue weighted by Crippen LogP contribution is 2.30. The quantitative estimate of drug-likeness (QED) is 0.682. The molecule has 0 amide bonds. The molecule has 2 aromatic rings. The predicted octanol–water partition coefficient (Wildman–Crippen LogP) is 3.30. The second-order valence-electron chi connectivity index (χ2n) is 5.04. The van der Waals surface area contributed by atoms with Crippen LogP contribution in [0.4, 0.5) is 27.6 Å². The Labute approximate surface area is 133 Å². The number of fused-ring (bicyclic) bond motifs is 1. The van der Waals surface area contributed by atoms with E-state index in [9.17, 15) is 22.0 Å². The summed E-state index contributed by atoms with van der Waals surface area (Å²) >= 11 is 0. The molecule has 0 saturated carbocycles. The van der Waals surface area contributed by atoms with Crippen LogP contribution < -0.4 is 10.1 Å². The topological polar surface area (TPSA) is 43.4 Å². The van der Waals surface area contributed by atoms with Crippen LogP contribution in [0.3, 0.4) is 0 Å². The van der Waals surface area contributed by atoms with Gasteiger partial charge in [0.15, 0.2) is 6.79 Å². The summed E-state index contributed by atoms with van der Waals surface area (Å²) in [6.07, 6.45) is 0.102. The van der Waals surface area contributed by atoms with Gasteiger partial charge in [-0.25, -0.2) is 4.39 Å². The SMILES string of the molecule is Fc1cc(CCNc2c(F)c(F)nc(F)c2F)c2c(c1)COCO2. The first-order valence-corrected chi connectivity index (χ1v) is 6.93. The maximum Gasteiger partial charge on any atom is 0.253 e. The zero-order valence-corrected chi connectivity index (χ0v) is 12.1. The molecule has 24 heavy (non-hydrogen) atoms. The van der Waals surface area contributed by atoms with E-state index >= 15 is 0 Å². The van der Waals surface area contributed by atoms with Crippen LogP contribution >= 0.6 is 0 Å². The Kier molecular flexibility index (Phi) is 4.52. The largest absolute Gasteiger partial charge is 0.467 e. The van der Waals surface area contributed by atoms with Crippen molar-refractivity contribution in [3.63, 3.8) is 0 Å². The molecule has 0 aliphatic carbocycles. The summed E-state index contributed by atoms with van der Waals surface area (Å²) in [6, 6.07) is 2.48. The summed E-state index contributed by atoms with van der Waals surface area (Å²) in [5.74, 6) is -6.84. The summed E-state index contributed by atoms with van der Waals surface area (Å²) in [5, 5.41) is 2.26. The fourth-order valence-electron chi connectivity index (χ4n) is 2.41. The molecule has 4 nitrogen and oxygen atoms in total. The summed E-state index contributed by atoms with van der Waals surface area (Å²) in [4.78, 5) is 2.46. The molecule has 9 heteroatoms. The molecule has 0 unspecified atom stereocenters. The number of aromatic nitrogens is 1. The Morgan fingerprint density at radius 2 is 1.75 bits per heavy atom. The van der Waals surface area contributed by atoms with Crippen LogP contribution in [-0.2, 0) is 17.8 Å². The van der Waals surface area contributed by atoms with Crippen LogP contribution in [0.15, 0.2) is 12.1 Å². The number of pyridine rings is 1. The fourth-order valence-corrected chi connectivity index (χ4v) is 2.41. The van der Waals surface area contributed by atoms with Crippen molar-refractivity contribution in [2.24, 2.45) is 0 Å². The molecule has 1 N–H and O–H groups in total. The molecule has 1 aromatic heterocycles. The van der Waals surface area contributed by atoms with Crippen molar-refractivity contribution in [3.8, 4) is 5.75 Å². The minimum absolute atomic E-state index is 0.00307. The van der Waals surface area contributed by atoms with Crippen molar-refractivity contribution in [2.75, 3.05) is 18.7 Å². The Hall–Kier alpha value is -2.42. The smallest absolute Gasteiger partial charge is 0.253 e. The number of benzene rings is 1. The van der Waals surface area contributed by atoms with E-state index < -0.39 is 35.0 Å². The van der Waals surface area contributed by atoms with Gasteiger partial charge in [-0.2, -0.15) is 22.5 Å². The Morgan fingerprint density at radius 1 is 1.04 bits per heavy atom. The molecule has 1 aromatic carbocycles. The molecule has 0 saturated heterocycles. The first-order chi connectivity index (χ1) is 11.5. The van der Waals surface area contributed by atoms with Crippen LogP contribution in [0.5, 0.6) is 5.75 Å². The Morgan fingerprint density at radius 3 is 2.46 bits per heavy atom. The van der Waals surface area contributed by atoms with E-state index in [4.69, 9.17) is 9.47 Å². The van der Waals surface area contributed by atoms with Gasteiger partial charge in [-0.3, -0.25) is 0 Å². The monoisotopic (exact) mass is 346 g/mol. The van der Waals surface area contributed by atoms with Crippen molar-refractivity contribution in [1.82, 2.24) is 4.98 Å². The number of anilines is 1. The van der Waals surface area contributed by atoms with Gasteiger partial charge in [0.1, 0.15) is 17.3 Å². The minimum Gasteiger partial charge on any atom is -0.467 e. The number of nitrogens with one attached hydrogen (secondary N) is 1. The Bertz CT molecular complexity index is 759. The van der Waals surface area contributed by atoms with Gasteiger partial charge in [0.05, 0.1) is 6.61 Å². The van der Waals surface area contributed by atoms with Crippen LogP contribution in [0.2, 0.25) is 0 Å². The predicted molar refractivity (Wildman–Crippen MR) is 72.9 cm³/mol. The Balaban J connectivity index is 1.78. The second kappa shape index (κ2) is 6.60. The van der Waals surface area contributed by atoms with Gasteiger partial charge in [-0.05, 0) is 24.1 Å². The van der Waals surface area contributed by atoms with Gasteiger partial charge in [0.2, 0.25) is 11.6 Å². The maximum absolute atomic E-state index is 13.6. The summed E-state index contributed by atoms with van der Waals surface area (Å²) in [7, 11) is 0. The van der Waals surface area contributed by atoms with Crippen LogP contribution in [-0.4, -0.2) is 18.3 Å². The molecule has 0 fully saturated rings. The standard InChI is InChI=1S/C15H11F5N2O2/c16-9-3-7(13-8(4-9)5-23-6-24-13)1-2-21-12-10(17)14(19)22-15(20)11(12)18/h3-4H,1-2,5-6H2,(H,21,22). The normalized spacial score (nSPS) is 13.4. The minimum atomic E-state index is -1.75. The molecule has 1 aliphatic heterocycles. The summed E-state index contributed by atoms with van der Waals surface area (Å²) in [5.41, 5.74) is -0.0132. The molecular formula is C15H11F5N2O2. The summed E-state index contributed by atoms with van der Waals surface area (Å²) < 4.78 is 77.0. The zero-order chi connectivity index (χ0) is 17.3. The lowest BCUT2D eigenvalue weighted by Crippen LogP contribution is -2.16. The van der Waals surface area contributed by atoms with E-state index in [1.807, 2.05) is 0 Å². The van der Waals surface area contributed by atoms with E-state index in [0.717, 1.165) is 0 Å². The highest BCUT2D eigenvalue weighted by Gasteiger charge is 2.21. The summed E-state index contributed by atoms with van der Waals surface area (Å²) in [6.45, 7) is 0.0670. The van der Waals surface area contributed by atoms with E-state index in [-0.39, 0.29) is 26.4 Å². The van der Waals surface area contributed by atoms with Crippen molar-refractivity contribution < 1.29 is 31.4 Å². The molecule has 128 valence electrons. The first kappa shape index (κ1) is 16.4. The highest BCUT2D eigenvalue weighted by molar-refractivity contribution is 5.47. The average molecular weight is 346 g/mol. The van der Waals surface area contributed by atoms with Gasteiger partial charge in [0.25, 0.3) is 11.9 Å². The van der Waals surface area contributed by atoms with Crippen molar-refractivity contribution in [3.05, 3.63) is 52.6 Å². The average Bonchev–Trinajstić information content (AvgIpc) is 2.56. The first-order valence-electron chi connectivity index (χ1n) is 6.93. The van der Waals surface area contributed by atoms with Crippen LogP contribution in [0.1, 0.15) is 11.1 Å². The third-order valence-electron chi connectivity index (χ3n) is 3.45. The van der Waals surface area contributed by atoms with Gasteiger partial charge in [-0.1, -0.05) is 0 Å². The zero-order valence-electron chi connectivity index (χ0n) is 12.1. The molecule has 3 rings (SSSR count). The molecule has 0 atom stereocenters. The number of rotatable bonds is 4. The van der Waals surface area contributed by atoms with Gasteiger partial charge in [-0.15, -0.1) is 0 Å². The van der Waals surface area contributed by atoms with Gasteiger partial charge in [0, 0.05) is 12.1 Å². The lowest BCUT2D eigenvalue weighted by atomic mass is 10.1. The molecule has 0 spiro atoms. The van der Waals surface area contributed by atoms with Gasteiger partial charge < -0.3 is 14.8 Å². The molecule has 1 aliphatic rings. The highest BCUT2D eigenvalue weighted by atomic mass is 19.2. The van der Waals surface area contributed by atoms with Crippen molar-refractivity contribution in [1.29, 1.82) is 0 Å². The number of hydrogen-bond acceptors (Lipinski definition) is 4. The lowest BCUT2D eigenvalue weighted by Gasteiger charge is -2.21. The molecule has 2 heterocycles. The number of ether oxygens (including phenoxy) is 2. The number of hydrogen-bond donors (Lipinski definition) is 1. The van der Waals surface area contributed by atoms with E-state index in [0.29, 0.717) is 16.9 Å². The molecule has 0 radical (unpaired) electrons. The van der Waals surface area contributed by atoms with E-state index in [1.54, 1.807) is 0 Å². The third-order valence-corrected chi connectivity index (χ3v) is 3.45. The number of halogens is 5. The molecular weight excluding hydrogens is 335 g/mol.